The molecule has 120 valence electrons. The molecule has 0 amide bonds. The van der Waals surface area contributed by atoms with Gasteiger partial charge < -0.3 is 10.2 Å². The molecule has 1 N–H and O–H groups in total. The zero-order chi connectivity index (χ0) is 15.4. The lowest BCUT2D eigenvalue weighted by atomic mass is 10.0. The quantitative estimate of drug-likeness (QED) is 0.733. The summed E-state index contributed by atoms with van der Waals surface area (Å²) in [5.74, 6) is 1.46. The van der Waals surface area contributed by atoms with E-state index >= 15 is 0 Å². The van der Waals surface area contributed by atoms with Gasteiger partial charge in [0, 0.05) is 24.0 Å². The number of thiazole rings is 1. The molecule has 1 atom stereocenters. The summed E-state index contributed by atoms with van der Waals surface area (Å²) >= 11 is 1.90. The smallest absolute Gasteiger partial charge is 0.186 e. The Kier molecular flexibility index (Phi) is 6.06. The van der Waals surface area contributed by atoms with Crippen molar-refractivity contribution < 1.29 is 0 Å². The molecule has 0 aliphatic heterocycles. The zero-order valence-corrected chi connectivity index (χ0v) is 15.1. The predicted octanol–water partition coefficient (Wildman–Crippen LogP) is 4.39. The third kappa shape index (κ3) is 4.43. The average molecular weight is 310 g/mol. The summed E-state index contributed by atoms with van der Waals surface area (Å²) in [7, 11) is 0. The van der Waals surface area contributed by atoms with E-state index in [0.717, 1.165) is 25.4 Å². The van der Waals surface area contributed by atoms with Crippen LogP contribution < -0.4 is 10.2 Å². The van der Waals surface area contributed by atoms with E-state index in [9.17, 15) is 0 Å². The Hall–Kier alpha value is -0.610. The molecule has 21 heavy (non-hydrogen) atoms. The molecule has 1 fully saturated rings. The third-order valence-corrected chi connectivity index (χ3v) is 5.46. The number of nitrogens with zero attached hydrogens (tertiary/aromatic N) is 2. The van der Waals surface area contributed by atoms with Crippen molar-refractivity contribution in [1.82, 2.24) is 10.3 Å². The van der Waals surface area contributed by atoms with Gasteiger partial charge in [0.2, 0.25) is 0 Å². The van der Waals surface area contributed by atoms with Gasteiger partial charge in [0.15, 0.2) is 5.13 Å². The van der Waals surface area contributed by atoms with Crippen molar-refractivity contribution in [2.45, 2.75) is 72.4 Å². The lowest BCUT2D eigenvalue weighted by Gasteiger charge is -2.26. The maximum absolute atomic E-state index is 5.04. The number of anilines is 1. The van der Waals surface area contributed by atoms with E-state index in [1.54, 1.807) is 0 Å². The van der Waals surface area contributed by atoms with Gasteiger partial charge in [0.1, 0.15) is 0 Å². The molecule has 1 aliphatic carbocycles. The highest BCUT2D eigenvalue weighted by Crippen LogP contribution is 2.36. The minimum Gasteiger partial charge on any atom is -0.345 e. The van der Waals surface area contributed by atoms with Crippen LogP contribution in [0, 0.1) is 5.92 Å². The first-order valence-electron chi connectivity index (χ1n) is 8.53. The predicted molar refractivity (Wildman–Crippen MR) is 93.4 cm³/mol. The van der Waals surface area contributed by atoms with E-state index in [2.05, 4.69) is 44.8 Å². The summed E-state index contributed by atoms with van der Waals surface area (Å²) in [4.78, 5) is 8.99. The second kappa shape index (κ2) is 7.59. The van der Waals surface area contributed by atoms with Crippen molar-refractivity contribution in [3.05, 3.63) is 10.6 Å². The molecular weight excluding hydrogens is 278 g/mol. The van der Waals surface area contributed by atoms with Gasteiger partial charge in [-0.15, -0.1) is 11.3 Å². The number of aromatic nitrogens is 1. The fourth-order valence-electron chi connectivity index (χ4n) is 2.51. The van der Waals surface area contributed by atoms with Crippen LogP contribution in [0.5, 0.6) is 0 Å². The largest absolute Gasteiger partial charge is 0.345 e. The van der Waals surface area contributed by atoms with Crippen LogP contribution in [-0.2, 0) is 6.54 Å². The van der Waals surface area contributed by atoms with Crippen LogP contribution in [0.1, 0.15) is 70.4 Å². The van der Waals surface area contributed by atoms with E-state index in [1.807, 2.05) is 11.3 Å². The normalized spacial score (nSPS) is 16.5. The minimum atomic E-state index is 0.536. The summed E-state index contributed by atoms with van der Waals surface area (Å²) in [5, 5.41) is 4.71. The fraction of sp³-hybridized carbons (Fsp3) is 0.824. The van der Waals surface area contributed by atoms with E-state index in [0.29, 0.717) is 12.0 Å². The number of rotatable bonds is 9. The van der Waals surface area contributed by atoms with Gasteiger partial charge in [-0.05, 0) is 51.5 Å². The Morgan fingerprint density at radius 1 is 1.29 bits per heavy atom. The molecule has 1 saturated carbocycles. The molecule has 1 aromatic rings. The van der Waals surface area contributed by atoms with E-state index in [1.165, 1.54) is 35.1 Å². The van der Waals surface area contributed by atoms with Crippen LogP contribution >= 0.6 is 11.3 Å². The highest BCUT2D eigenvalue weighted by molar-refractivity contribution is 7.15. The minimum absolute atomic E-state index is 0.536. The fourth-order valence-corrected chi connectivity index (χ4v) is 3.80. The van der Waals surface area contributed by atoms with Crippen LogP contribution in [-0.4, -0.2) is 24.1 Å². The van der Waals surface area contributed by atoms with Crippen LogP contribution in [0.15, 0.2) is 0 Å². The molecule has 0 spiro atoms. The maximum Gasteiger partial charge on any atom is 0.186 e. The molecule has 3 nitrogen and oxygen atoms in total. The second-order valence-electron chi connectivity index (χ2n) is 6.58. The second-order valence-corrected chi connectivity index (χ2v) is 7.65. The Morgan fingerprint density at radius 3 is 2.52 bits per heavy atom. The van der Waals surface area contributed by atoms with E-state index < -0.39 is 0 Å². The Morgan fingerprint density at radius 2 is 2.00 bits per heavy atom. The standard InChI is InChI=1S/C17H31N3S/c1-6-13(5)16-15(10-18-7-2)21-17(19-16)20(12(3)4)11-14-8-9-14/h12-14,18H,6-11H2,1-5H3. The van der Waals surface area contributed by atoms with Crippen LogP contribution in [0.25, 0.3) is 0 Å². The highest BCUT2D eigenvalue weighted by Gasteiger charge is 2.28. The van der Waals surface area contributed by atoms with Gasteiger partial charge in [0.25, 0.3) is 0 Å². The molecule has 1 heterocycles. The first-order valence-corrected chi connectivity index (χ1v) is 9.35. The molecule has 1 aliphatic rings. The van der Waals surface area contributed by atoms with E-state index in [-0.39, 0.29) is 0 Å². The highest BCUT2D eigenvalue weighted by atomic mass is 32.1. The van der Waals surface area contributed by atoms with Crippen molar-refractivity contribution >= 4 is 16.5 Å². The molecule has 4 heteroatoms. The molecule has 2 rings (SSSR count). The summed E-state index contributed by atoms with van der Waals surface area (Å²) < 4.78 is 0. The molecule has 1 unspecified atom stereocenters. The van der Waals surface area contributed by atoms with Crippen LogP contribution in [0.3, 0.4) is 0 Å². The van der Waals surface area contributed by atoms with Crippen molar-refractivity contribution in [1.29, 1.82) is 0 Å². The van der Waals surface area contributed by atoms with Crippen molar-refractivity contribution in [2.75, 3.05) is 18.0 Å². The number of nitrogens with one attached hydrogen (secondary N) is 1. The summed E-state index contributed by atoms with van der Waals surface area (Å²) in [5.41, 5.74) is 1.32. The third-order valence-electron chi connectivity index (χ3n) is 4.35. The van der Waals surface area contributed by atoms with Crippen LogP contribution in [0.4, 0.5) is 5.13 Å². The molecule has 0 bridgehead atoms. The average Bonchev–Trinajstić information content (AvgIpc) is 3.19. The molecule has 0 aromatic carbocycles. The Labute approximate surface area is 134 Å². The van der Waals surface area contributed by atoms with Gasteiger partial charge >= 0.3 is 0 Å². The van der Waals surface area contributed by atoms with Gasteiger partial charge in [-0.1, -0.05) is 20.8 Å². The lowest BCUT2D eigenvalue weighted by molar-refractivity contribution is 0.636. The monoisotopic (exact) mass is 309 g/mol. The maximum atomic E-state index is 5.04. The van der Waals surface area contributed by atoms with Gasteiger partial charge in [0.05, 0.1) is 5.69 Å². The topological polar surface area (TPSA) is 28.2 Å². The number of hydrogen-bond donors (Lipinski definition) is 1. The van der Waals surface area contributed by atoms with Crippen LogP contribution in [0.2, 0.25) is 0 Å². The summed E-state index contributed by atoms with van der Waals surface area (Å²) in [6.45, 7) is 14.5. The number of hydrogen-bond acceptors (Lipinski definition) is 4. The molecule has 0 saturated heterocycles. The van der Waals surface area contributed by atoms with Gasteiger partial charge in [-0.3, -0.25) is 0 Å². The molecule has 1 aromatic heterocycles. The van der Waals surface area contributed by atoms with Crippen molar-refractivity contribution in [2.24, 2.45) is 5.92 Å². The first-order chi connectivity index (χ1) is 10.1. The Balaban J connectivity index is 2.22. The van der Waals surface area contributed by atoms with E-state index in [4.69, 9.17) is 4.98 Å². The SMILES string of the molecule is CCNCc1sc(N(CC2CC2)C(C)C)nc1C(C)CC. The Bertz CT molecular complexity index is 437. The van der Waals surface area contributed by atoms with Gasteiger partial charge in [-0.25, -0.2) is 4.98 Å². The van der Waals surface area contributed by atoms with Gasteiger partial charge in [-0.2, -0.15) is 0 Å². The molecule has 0 radical (unpaired) electrons. The van der Waals surface area contributed by atoms with Crippen molar-refractivity contribution in [3.63, 3.8) is 0 Å². The lowest BCUT2D eigenvalue weighted by Crippen LogP contribution is -2.32. The first kappa shape index (κ1) is 16.8. The summed E-state index contributed by atoms with van der Waals surface area (Å²) in [6, 6.07) is 0.536. The van der Waals surface area contributed by atoms with Crippen molar-refractivity contribution in [3.8, 4) is 0 Å². The summed E-state index contributed by atoms with van der Waals surface area (Å²) in [6.07, 6.45) is 3.96. The zero-order valence-electron chi connectivity index (χ0n) is 14.3. The molecular formula is C17H31N3S.